The van der Waals surface area contributed by atoms with Gasteiger partial charge in [-0.15, -0.1) is 0 Å². The standard InChI is InChI=1S/C15H25NO4/c1-19-14(18)10-12-6-3-4-9-16(12)13(17)11-15(20-2)7-5-8-15/h12H,3-11H2,1-2H3. The summed E-state index contributed by atoms with van der Waals surface area (Å²) in [5.41, 5.74) is -0.246. The topological polar surface area (TPSA) is 55.8 Å². The van der Waals surface area contributed by atoms with Crippen LogP contribution in [0.25, 0.3) is 0 Å². The highest BCUT2D eigenvalue weighted by molar-refractivity contribution is 5.79. The molecular formula is C15H25NO4. The van der Waals surface area contributed by atoms with Crippen molar-refractivity contribution in [2.24, 2.45) is 0 Å². The molecule has 1 unspecified atom stereocenters. The summed E-state index contributed by atoms with van der Waals surface area (Å²) >= 11 is 0. The van der Waals surface area contributed by atoms with Gasteiger partial charge in [0, 0.05) is 19.7 Å². The highest BCUT2D eigenvalue weighted by Gasteiger charge is 2.41. The fraction of sp³-hybridized carbons (Fsp3) is 0.867. The predicted molar refractivity (Wildman–Crippen MR) is 74.2 cm³/mol. The molecule has 5 heteroatoms. The van der Waals surface area contributed by atoms with Gasteiger partial charge in [0.2, 0.25) is 5.91 Å². The summed E-state index contributed by atoms with van der Waals surface area (Å²) in [6.45, 7) is 0.750. The van der Waals surface area contributed by atoms with Crippen LogP contribution in [0.1, 0.15) is 51.4 Å². The minimum atomic E-state index is -0.246. The van der Waals surface area contributed by atoms with Gasteiger partial charge in [-0.2, -0.15) is 0 Å². The van der Waals surface area contributed by atoms with Crippen molar-refractivity contribution < 1.29 is 19.1 Å². The Hall–Kier alpha value is -1.10. The van der Waals surface area contributed by atoms with Crippen LogP contribution < -0.4 is 0 Å². The number of rotatable bonds is 5. The Balaban J connectivity index is 1.96. The van der Waals surface area contributed by atoms with Crippen LogP contribution in [-0.2, 0) is 19.1 Å². The van der Waals surface area contributed by atoms with Crippen molar-refractivity contribution in [1.82, 2.24) is 4.90 Å². The van der Waals surface area contributed by atoms with Crippen LogP contribution in [0.15, 0.2) is 0 Å². The van der Waals surface area contributed by atoms with Crippen molar-refractivity contribution in [3.05, 3.63) is 0 Å². The summed E-state index contributed by atoms with van der Waals surface area (Å²) in [4.78, 5) is 25.9. The van der Waals surface area contributed by atoms with Crippen molar-refractivity contribution in [3.63, 3.8) is 0 Å². The van der Waals surface area contributed by atoms with Crippen LogP contribution in [-0.4, -0.2) is 49.2 Å². The van der Waals surface area contributed by atoms with E-state index in [4.69, 9.17) is 9.47 Å². The Kier molecular flexibility index (Phi) is 5.02. The van der Waals surface area contributed by atoms with E-state index in [1.807, 2.05) is 4.90 Å². The van der Waals surface area contributed by atoms with Crippen molar-refractivity contribution in [2.45, 2.75) is 63.0 Å². The molecule has 2 aliphatic rings. The normalized spacial score (nSPS) is 24.9. The van der Waals surface area contributed by atoms with Gasteiger partial charge >= 0.3 is 5.97 Å². The number of hydrogen-bond donors (Lipinski definition) is 0. The van der Waals surface area contributed by atoms with Gasteiger partial charge < -0.3 is 14.4 Å². The molecule has 2 rings (SSSR count). The Labute approximate surface area is 120 Å². The van der Waals surface area contributed by atoms with Crippen LogP contribution >= 0.6 is 0 Å². The molecule has 20 heavy (non-hydrogen) atoms. The first-order valence-electron chi connectivity index (χ1n) is 7.52. The van der Waals surface area contributed by atoms with Gasteiger partial charge in [0.25, 0.3) is 0 Å². The Morgan fingerprint density at radius 1 is 1.20 bits per heavy atom. The molecule has 114 valence electrons. The number of piperidine rings is 1. The summed E-state index contributed by atoms with van der Waals surface area (Å²) in [6.07, 6.45) is 6.79. The molecule has 1 atom stereocenters. The second-order valence-electron chi connectivity index (χ2n) is 5.93. The van der Waals surface area contributed by atoms with Crippen LogP contribution in [0.4, 0.5) is 0 Å². The molecule has 0 aromatic rings. The third-order valence-corrected chi connectivity index (χ3v) is 4.75. The number of amides is 1. The first-order valence-corrected chi connectivity index (χ1v) is 7.52. The molecule has 0 radical (unpaired) electrons. The van der Waals surface area contributed by atoms with Gasteiger partial charge in [-0.3, -0.25) is 9.59 Å². The smallest absolute Gasteiger partial charge is 0.307 e. The van der Waals surface area contributed by atoms with Crippen molar-refractivity contribution in [2.75, 3.05) is 20.8 Å². The highest BCUT2D eigenvalue weighted by Crippen LogP contribution is 2.39. The molecule has 2 fully saturated rings. The number of carbonyl (C=O) groups is 2. The van der Waals surface area contributed by atoms with Crippen LogP contribution in [0.5, 0.6) is 0 Å². The summed E-state index contributed by atoms with van der Waals surface area (Å²) in [7, 11) is 3.08. The molecule has 0 spiro atoms. The summed E-state index contributed by atoms with van der Waals surface area (Å²) in [5.74, 6) is -0.111. The van der Waals surface area contributed by atoms with E-state index in [9.17, 15) is 9.59 Å². The van der Waals surface area contributed by atoms with E-state index in [-0.39, 0.29) is 23.5 Å². The molecule has 1 aliphatic carbocycles. The molecule has 0 bridgehead atoms. The zero-order chi connectivity index (χ0) is 14.6. The molecule has 1 saturated heterocycles. The van der Waals surface area contributed by atoms with Crippen LogP contribution in [0, 0.1) is 0 Å². The fourth-order valence-electron chi connectivity index (χ4n) is 3.22. The average Bonchev–Trinajstić information content (AvgIpc) is 2.43. The maximum atomic E-state index is 12.5. The molecule has 5 nitrogen and oxygen atoms in total. The first-order chi connectivity index (χ1) is 9.60. The van der Waals surface area contributed by atoms with Gasteiger partial charge in [0.05, 0.1) is 25.6 Å². The Bertz CT molecular complexity index is 359. The lowest BCUT2D eigenvalue weighted by molar-refractivity contribution is -0.150. The van der Waals surface area contributed by atoms with E-state index in [0.717, 1.165) is 45.1 Å². The zero-order valence-electron chi connectivity index (χ0n) is 12.5. The van der Waals surface area contributed by atoms with Gasteiger partial charge in [0.15, 0.2) is 0 Å². The number of hydrogen-bond acceptors (Lipinski definition) is 4. The van der Waals surface area contributed by atoms with Gasteiger partial charge in [-0.1, -0.05) is 0 Å². The van der Waals surface area contributed by atoms with E-state index in [0.29, 0.717) is 12.8 Å². The van der Waals surface area contributed by atoms with Gasteiger partial charge in [-0.05, 0) is 38.5 Å². The molecule has 0 N–H and O–H groups in total. The van der Waals surface area contributed by atoms with Crippen molar-refractivity contribution in [1.29, 1.82) is 0 Å². The lowest BCUT2D eigenvalue weighted by Crippen LogP contribution is -2.50. The zero-order valence-corrected chi connectivity index (χ0v) is 12.5. The second kappa shape index (κ2) is 6.57. The molecule has 1 aliphatic heterocycles. The van der Waals surface area contributed by atoms with Crippen molar-refractivity contribution in [3.8, 4) is 0 Å². The molecule has 0 aromatic heterocycles. The Morgan fingerprint density at radius 3 is 2.50 bits per heavy atom. The lowest BCUT2D eigenvalue weighted by atomic mass is 9.77. The third kappa shape index (κ3) is 3.32. The molecule has 1 heterocycles. The first kappa shape index (κ1) is 15.3. The molecular weight excluding hydrogens is 258 g/mol. The van der Waals surface area contributed by atoms with E-state index in [2.05, 4.69) is 0 Å². The predicted octanol–water partition coefficient (Wildman–Crippen LogP) is 1.89. The number of carbonyl (C=O) groups excluding carboxylic acids is 2. The van der Waals surface area contributed by atoms with Crippen LogP contribution in [0.2, 0.25) is 0 Å². The lowest BCUT2D eigenvalue weighted by Gasteiger charge is -2.43. The summed E-state index contributed by atoms with van der Waals surface area (Å²) < 4.78 is 10.3. The number of methoxy groups -OCH3 is 2. The monoisotopic (exact) mass is 283 g/mol. The largest absolute Gasteiger partial charge is 0.469 e. The van der Waals surface area contributed by atoms with E-state index in [1.165, 1.54) is 7.11 Å². The summed E-state index contributed by atoms with van der Waals surface area (Å²) in [6, 6.07) is -0.00215. The van der Waals surface area contributed by atoms with E-state index < -0.39 is 0 Å². The van der Waals surface area contributed by atoms with Gasteiger partial charge in [-0.25, -0.2) is 0 Å². The minimum absolute atomic E-state index is 0.00215. The fourth-order valence-corrected chi connectivity index (χ4v) is 3.22. The number of likely N-dealkylation sites (tertiary alicyclic amines) is 1. The van der Waals surface area contributed by atoms with Crippen LogP contribution in [0.3, 0.4) is 0 Å². The third-order valence-electron chi connectivity index (χ3n) is 4.75. The van der Waals surface area contributed by atoms with E-state index in [1.54, 1.807) is 7.11 Å². The minimum Gasteiger partial charge on any atom is -0.469 e. The maximum absolute atomic E-state index is 12.5. The molecule has 1 amide bonds. The second-order valence-corrected chi connectivity index (χ2v) is 5.93. The number of esters is 1. The van der Waals surface area contributed by atoms with Crippen molar-refractivity contribution >= 4 is 11.9 Å². The number of ether oxygens (including phenoxy) is 2. The Morgan fingerprint density at radius 2 is 1.95 bits per heavy atom. The maximum Gasteiger partial charge on any atom is 0.307 e. The molecule has 0 aromatic carbocycles. The highest BCUT2D eigenvalue weighted by atomic mass is 16.5. The van der Waals surface area contributed by atoms with E-state index >= 15 is 0 Å². The molecule has 1 saturated carbocycles. The van der Waals surface area contributed by atoms with Gasteiger partial charge in [0.1, 0.15) is 0 Å². The quantitative estimate of drug-likeness (QED) is 0.723. The average molecular weight is 283 g/mol. The SMILES string of the molecule is COC(=O)CC1CCCCN1C(=O)CC1(OC)CCC1. The number of nitrogens with zero attached hydrogens (tertiary/aromatic N) is 1. The summed E-state index contributed by atoms with van der Waals surface area (Å²) in [5, 5.41) is 0.